The first-order valence-electron chi connectivity index (χ1n) is 34.0. The van der Waals surface area contributed by atoms with Crippen molar-refractivity contribution in [1.82, 2.24) is 31.1 Å². The van der Waals surface area contributed by atoms with Gasteiger partial charge in [0.05, 0.1) is 24.2 Å². The second-order valence-corrected chi connectivity index (χ2v) is 28.4. The molecule has 0 unspecified atom stereocenters. The Hall–Kier alpha value is -4.92. The molecule has 0 radical (unpaired) electrons. The van der Waals surface area contributed by atoms with Crippen LogP contribution in [0.3, 0.4) is 0 Å². The molecule has 0 aromatic rings. The SMILES string of the molecule is C=CC/C=C/N(C)C(=O)CCCCCCCC/C=C/[C@H](CSSC[C@@H](/C=C/CCCCCCCCC(=O)N(C)/C=C/CC=C)NC(C)=O)NC(C)=O.CC(=O)N[C@H](/C=C/CCCCCCCCC(=O)O)CSSC[C@@H](/C=C/CCCCCCCCC(=O)O)NC(C)=O. The molecule has 0 spiro atoms. The monoisotopic (exact) mass is 1360 g/mol. The Balaban J connectivity index is 0. The number of carboxylic acid groups (broad SMARTS) is 2. The first-order valence-corrected chi connectivity index (χ1v) is 39.0. The molecule has 0 aromatic heterocycles. The van der Waals surface area contributed by atoms with E-state index in [1.54, 1.807) is 80.9 Å². The van der Waals surface area contributed by atoms with Gasteiger partial charge in [0.2, 0.25) is 35.4 Å². The molecule has 0 aliphatic rings. The average molecular weight is 1360 g/mol. The third-order valence-electron chi connectivity index (χ3n) is 14.3. The zero-order chi connectivity index (χ0) is 68.5. The summed E-state index contributed by atoms with van der Waals surface area (Å²) in [6.07, 6.45) is 60.7. The molecule has 6 N–H and O–H groups in total. The Morgan fingerprint density at radius 3 is 0.783 bits per heavy atom. The van der Waals surface area contributed by atoms with Crippen molar-refractivity contribution in [2.24, 2.45) is 0 Å². The normalized spacial score (nSPS) is 12.8. The molecule has 16 nitrogen and oxygen atoms in total. The molecule has 0 aliphatic heterocycles. The molecule has 0 bridgehead atoms. The van der Waals surface area contributed by atoms with E-state index < -0.39 is 11.9 Å². The number of aliphatic carboxylic acids is 2. The topological polar surface area (TPSA) is 232 Å². The highest BCUT2D eigenvalue weighted by Crippen LogP contribution is 2.26. The summed E-state index contributed by atoms with van der Waals surface area (Å²) in [4.78, 5) is 95.5. The minimum absolute atomic E-state index is 0.0292. The lowest BCUT2D eigenvalue weighted by molar-refractivity contribution is -0.138. The van der Waals surface area contributed by atoms with Gasteiger partial charge in [0, 0.05) is 103 Å². The summed E-state index contributed by atoms with van der Waals surface area (Å²) in [5.41, 5.74) is 0. The highest BCUT2D eigenvalue weighted by Gasteiger charge is 2.13. The van der Waals surface area contributed by atoms with E-state index >= 15 is 0 Å². The number of carbonyl (C=O) groups is 8. The summed E-state index contributed by atoms with van der Waals surface area (Å²) in [6.45, 7) is 13.5. The fraction of sp³-hybridized carbons (Fsp3) is 0.667. The first-order chi connectivity index (χ1) is 44.3. The number of carbonyl (C=O) groups excluding carboxylic acids is 6. The number of unbranched alkanes of at least 4 members (excludes halogenated alkanes) is 24. The number of allylic oxidation sites excluding steroid dienone is 8. The number of rotatable bonds is 60. The smallest absolute Gasteiger partial charge is 0.303 e. The van der Waals surface area contributed by atoms with Crippen LogP contribution in [0.15, 0.2) is 98.5 Å². The zero-order valence-electron chi connectivity index (χ0n) is 57.4. The molecule has 0 saturated heterocycles. The van der Waals surface area contributed by atoms with Gasteiger partial charge in [-0.1, -0.05) is 219 Å². The van der Waals surface area contributed by atoms with E-state index in [-0.39, 0.29) is 72.5 Å². The zero-order valence-corrected chi connectivity index (χ0v) is 60.6. The molecule has 0 fully saturated rings. The van der Waals surface area contributed by atoms with Gasteiger partial charge in [0.15, 0.2) is 0 Å². The van der Waals surface area contributed by atoms with Crippen molar-refractivity contribution in [3.63, 3.8) is 0 Å². The fourth-order valence-electron chi connectivity index (χ4n) is 9.28. The van der Waals surface area contributed by atoms with Crippen LogP contribution < -0.4 is 21.3 Å². The van der Waals surface area contributed by atoms with E-state index in [9.17, 15) is 38.4 Å². The van der Waals surface area contributed by atoms with Gasteiger partial charge in [-0.2, -0.15) is 0 Å². The highest BCUT2D eigenvalue weighted by atomic mass is 33.1. The van der Waals surface area contributed by atoms with E-state index in [0.29, 0.717) is 12.8 Å². The molecular formula is C72H122N6O10S4. The van der Waals surface area contributed by atoms with Gasteiger partial charge in [0.1, 0.15) is 0 Å². The maximum atomic E-state index is 12.1. The van der Waals surface area contributed by atoms with Crippen LogP contribution in [-0.2, 0) is 38.4 Å². The number of hydrogen-bond donors (Lipinski definition) is 6. The van der Waals surface area contributed by atoms with Crippen LogP contribution in [0, 0.1) is 0 Å². The third-order valence-corrected chi connectivity index (χ3v) is 19.2. The first kappa shape index (κ1) is 89.1. The summed E-state index contributed by atoms with van der Waals surface area (Å²) >= 11 is 0. The molecule has 0 aromatic carbocycles. The van der Waals surface area contributed by atoms with Gasteiger partial charge >= 0.3 is 11.9 Å². The predicted molar refractivity (Wildman–Crippen MR) is 393 cm³/mol. The molecule has 0 saturated carbocycles. The number of nitrogens with one attached hydrogen (secondary N) is 4. The number of hydrogen-bond acceptors (Lipinski definition) is 12. The van der Waals surface area contributed by atoms with Gasteiger partial charge in [-0.25, -0.2) is 0 Å². The van der Waals surface area contributed by atoms with Crippen molar-refractivity contribution in [3.8, 4) is 0 Å². The van der Waals surface area contributed by atoms with Crippen molar-refractivity contribution < 1.29 is 48.6 Å². The Morgan fingerprint density at radius 1 is 0.348 bits per heavy atom. The van der Waals surface area contributed by atoms with E-state index in [0.717, 1.165) is 203 Å². The quantitative estimate of drug-likeness (QED) is 0.0189. The van der Waals surface area contributed by atoms with Gasteiger partial charge in [-0.3, -0.25) is 38.4 Å². The predicted octanol–water partition coefficient (Wildman–Crippen LogP) is 16.7. The van der Waals surface area contributed by atoms with E-state index in [1.165, 1.54) is 26.7 Å². The van der Waals surface area contributed by atoms with Crippen LogP contribution in [0.1, 0.15) is 246 Å². The molecule has 0 heterocycles. The van der Waals surface area contributed by atoms with Crippen LogP contribution >= 0.6 is 43.2 Å². The Labute approximate surface area is 572 Å². The molecule has 0 rings (SSSR count). The second-order valence-electron chi connectivity index (χ2n) is 23.3. The number of nitrogens with zero attached hydrogens (tertiary/aromatic N) is 2. The third kappa shape index (κ3) is 66.5. The van der Waals surface area contributed by atoms with Crippen molar-refractivity contribution in [1.29, 1.82) is 0 Å². The summed E-state index contributed by atoms with van der Waals surface area (Å²) in [6, 6.07) is -0.133. The largest absolute Gasteiger partial charge is 0.481 e. The minimum Gasteiger partial charge on any atom is -0.481 e. The van der Waals surface area contributed by atoms with Gasteiger partial charge in [-0.05, 0) is 89.9 Å². The van der Waals surface area contributed by atoms with Crippen molar-refractivity contribution in [2.45, 2.75) is 270 Å². The van der Waals surface area contributed by atoms with Crippen molar-refractivity contribution in [2.75, 3.05) is 37.1 Å². The minimum atomic E-state index is -0.720. The maximum absolute atomic E-state index is 12.1. The lowest BCUT2D eigenvalue weighted by atomic mass is 10.1. The molecule has 6 amide bonds. The lowest BCUT2D eigenvalue weighted by Gasteiger charge is -2.16. The maximum Gasteiger partial charge on any atom is 0.303 e. The average Bonchev–Trinajstić information content (AvgIpc) is 3.68. The van der Waals surface area contributed by atoms with Gasteiger partial charge in [-0.15, -0.1) is 13.2 Å². The highest BCUT2D eigenvalue weighted by molar-refractivity contribution is 8.77. The molecule has 0 aliphatic carbocycles. The second kappa shape index (κ2) is 66.1. The summed E-state index contributed by atoms with van der Waals surface area (Å²) in [7, 11) is 10.4. The van der Waals surface area contributed by atoms with Crippen LogP contribution in [0.5, 0.6) is 0 Å². The number of carboxylic acids is 2. The molecular weight excluding hydrogens is 1240 g/mol. The Morgan fingerprint density at radius 2 is 0.565 bits per heavy atom. The lowest BCUT2D eigenvalue weighted by Crippen LogP contribution is -2.34. The van der Waals surface area contributed by atoms with Crippen LogP contribution in [0.2, 0.25) is 0 Å². The molecule has 524 valence electrons. The molecule has 20 heteroatoms. The van der Waals surface area contributed by atoms with Crippen LogP contribution in [0.4, 0.5) is 0 Å². The van der Waals surface area contributed by atoms with Crippen LogP contribution in [0.25, 0.3) is 0 Å². The van der Waals surface area contributed by atoms with E-state index in [1.807, 2.05) is 36.7 Å². The Bertz CT molecular complexity index is 2030. The Kier molecular flexibility index (Phi) is 64.1. The standard InChI is InChI=1S/C42H70N4O4S2.C30H52N2O6S2/c1-7-9-27-33-45(5)41(49)31-25-21-17-13-11-15-19-23-29-39(43-37(3)47)35-51-52-36-40(44-38(4)48)30-24-20-16-12-14-18-22-26-32-42(50)46(6)34-28-10-8-2;1-25(33)31-27(19-15-11-7-3-5-9-13-17-21-29(35)36)23-39-40-24-28(32-26(2)34)20-16-12-8-4-6-10-14-18-22-30(37)38/h7-8,23-24,27-30,33-34,39-40H,1-2,9-22,25-26,31-32,35-36H2,3-6H3,(H,43,47)(H,44,48);15-16,19-20,27-28H,3-14,17-18,21-24H2,1-2H3,(H,31,33)(H,32,34)(H,35,36)(H,37,38)/b29-23+,30-24+,33-27+,34-28+;19-15+,20-16+/t39-,40-;27-,28-/m11/s1. The summed E-state index contributed by atoms with van der Waals surface area (Å²) in [5.74, 6) is 1.69. The van der Waals surface area contributed by atoms with E-state index in [2.05, 4.69) is 83.0 Å². The number of amides is 6. The van der Waals surface area contributed by atoms with Gasteiger partial charge in [0.25, 0.3) is 0 Å². The van der Waals surface area contributed by atoms with E-state index in [4.69, 9.17) is 10.2 Å². The molecule has 4 atom stereocenters. The summed E-state index contributed by atoms with van der Waals surface area (Å²) < 4.78 is 0. The van der Waals surface area contributed by atoms with Crippen LogP contribution in [-0.4, -0.2) is 129 Å². The van der Waals surface area contributed by atoms with Gasteiger partial charge < -0.3 is 41.3 Å². The molecule has 92 heavy (non-hydrogen) atoms. The fourth-order valence-corrected chi connectivity index (χ4v) is 13.9. The van der Waals surface area contributed by atoms with Crippen molar-refractivity contribution in [3.05, 3.63) is 98.5 Å². The van der Waals surface area contributed by atoms with Crippen molar-refractivity contribution >= 4 is 90.6 Å². The summed E-state index contributed by atoms with van der Waals surface area (Å²) in [5, 5.41) is 29.4.